The van der Waals surface area contributed by atoms with Crippen molar-refractivity contribution in [2.75, 3.05) is 0 Å². The van der Waals surface area contributed by atoms with Crippen molar-refractivity contribution < 1.29 is 14.0 Å². The Balaban J connectivity index is 2.37. The third kappa shape index (κ3) is 2.77. The molecule has 1 aromatic rings. The lowest BCUT2D eigenvalue weighted by molar-refractivity contribution is -0.152. The molecule has 0 bridgehead atoms. The number of carbonyl (C=O) groups excluding carboxylic acids is 2. The number of amides is 2. The number of benzene rings is 1. The molecule has 1 saturated heterocycles. The summed E-state index contributed by atoms with van der Waals surface area (Å²) in [7, 11) is 0. The second-order valence-electron chi connectivity index (χ2n) is 5.85. The van der Waals surface area contributed by atoms with E-state index in [-0.39, 0.29) is 23.5 Å². The molecule has 21 heavy (non-hydrogen) atoms. The van der Waals surface area contributed by atoms with E-state index in [4.69, 9.17) is 0 Å². The number of hydrogen-bond acceptors (Lipinski definition) is 2. The van der Waals surface area contributed by atoms with Crippen LogP contribution in [-0.2, 0) is 9.59 Å². The predicted molar refractivity (Wildman–Crippen MR) is 77.9 cm³/mol. The van der Waals surface area contributed by atoms with Crippen molar-refractivity contribution in [2.45, 2.75) is 45.8 Å². The van der Waals surface area contributed by atoms with Crippen molar-refractivity contribution in [3.05, 3.63) is 35.6 Å². The maximum absolute atomic E-state index is 14.0. The fourth-order valence-electron chi connectivity index (χ4n) is 2.76. The summed E-state index contributed by atoms with van der Waals surface area (Å²) in [6, 6.07) is 4.71. The Bertz CT molecular complexity index is 559. The van der Waals surface area contributed by atoms with Crippen LogP contribution in [0.4, 0.5) is 4.39 Å². The summed E-state index contributed by atoms with van der Waals surface area (Å²) >= 11 is 0. The molecular formula is C16H21FN2O2. The number of piperazine rings is 1. The van der Waals surface area contributed by atoms with Gasteiger partial charge in [0.1, 0.15) is 17.9 Å². The van der Waals surface area contributed by atoms with Gasteiger partial charge in [-0.15, -0.1) is 0 Å². The molecule has 1 aliphatic rings. The van der Waals surface area contributed by atoms with Crippen molar-refractivity contribution in [3.63, 3.8) is 0 Å². The maximum Gasteiger partial charge on any atom is 0.246 e. The zero-order chi connectivity index (χ0) is 15.7. The number of halogens is 1. The first-order valence-corrected chi connectivity index (χ1v) is 7.21. The van der Waals surface area contributed by atoms with Gasteiger partial charge in [0.2, 0.25) is 11.8 Å². The summed E-state index contributed by atoms with van der Waals surface area (Å²) in [4.78, 5) is 26.2. The molecule has 1 N–H and O–H groups in total. The number of nitrogens with zero attached hydrogens (tertiary/aromatic N) is 1. The van der Waals surface area contributed by atoms with Crippen LogP contribution < -0.4 is 5.32 Å². The van der Waals surface area contributed by atoms with Gasteiger partial charge < -0.3 is 10.2 Å². The van der Waals surface area contributed by atoms with Gasteiger partial charge in [0.05, 0.1) is 6.04 Å². The van der Waals surface area contributed by atoms with Crippen LogP contribution >= 0.6 is 0 Å². The number of carbonyl (C=O) groups is 2. The molecule has 114 valence electrons. The minimum absolute atomic E-state index is 0.00993. The Morgan fingerprint density at radius 3 is 2.38 bits per heavy atom. The van der Waals surface area contributed by atoms with Gasteiger partial charge in [0.25, 0.3) is 0 Å². The first-order chi connectivity index (χ1) is 9.84. The SMILES string of the molecule is CC(C)C1NC(=O)C(C)N(C(C)c2ccccc2F)C1=O. The maximum atomic E-state index is 14.0. The van der Waals surface area contributed by atoms with E-state index in [1.54, 1.807) is 32.0 Å². The summed E-state index contributed by atoms with van der Waals surface area (Å²) in [5, 5.41) is 2.74. The lowest BCUT2D eigenvalue weighted by Crippen LogP contribution is -2.64. The Morgan fingerprint density at radius 2 is 1.81 bits per heavy atom. The highest BCUT2D eigenvalue weighted by atomic mass is 19.1. The molecular weight excluding hydrogens is 271 g/mol. The monoisotopic (exact) mass is 292 g/mol. The summed E-state index contributed by atoms with van der Waals surface area (Å²) < 4.78 is 14.0. The topological polar surface area (TPSA) is 49.4 Å². The van der Waals surface area contributed by atoms with Crippen LogP contribution in [0.2, 0.25) is 0 Å². The standard InChI is InChI=1S/C16H21FN2O2/c1-9(2)14-16(21)19(11(4)15(20)18-14)10(3)12-7-5-6-8-13(12)17/h5-11,14H,1-4H3,(H,18,20). The zero-order valence-corrected chi connectivity index (χ0v) is 12.8. The molecule has 0 spiro atoms. The van der Waals surface area contributed by atoms with E-state index in [0.717, 1.165) is 0 Å². The molecule has 2 rings (SSSR count). The van der Waals surface area contributed by atoms with Gasteiger partial charge in [0, 0.05) is 5.56 Å². The van der Waals surface area contributed by atoms with Crippen LogP contribution in [0.15, 0.2) is 24.3 Å². The van der Waals surface area contributed by atoms with E-state index in [2.05, 4.69) is 5.32 Å². The van der Waals surface area contributed by atoms with Crippen molar-refractivity contribution in [1.29, 1.82) is 0 Å². The Kier molecular flexibility index (Phi) is 4.30. The Labute approximate surface area is 124 Å². The zero-order valence-electron chi connectivity index (χ0n) is 12.8. The predicted octanol–water partition coefficient (Wildman–Crippen LogP) is 2.26. The van der Waals surface area contributed by atoms with E-state index < -0.39 is 18.1 Å². The van der Waals surface area contributed by atoms with Gasteiger partial charge >= 0.3 is 0 Å². The summed E-state index contributed by atoms with van der Waals surface area (Å²) in [5.41, 5.74) is 0.426. The quantitative estimate of drug-likeness (QED) is 0.929. The smallest absolute Gasteiger partial charge is 0.246 e. The average molecular weight is 292 g/mol. The lowest BCUT2D eigenvalue weighted by Gasteiger charge is -2.42. The average Bonchev–Trinajstić information content (AvgIpc) is 2.43. The molecule has 0 saturated carbocycles. The molecule has 5 heteroatoms. The second kappa shape index (κ2) is 5.84. The van der Waals surface area contributed by atoms with Gasteiger partial charge in [0.15, 0.2) is 0 Å². The van der Waals surface area contributed by atoms with Gasteiger partial charge in [-0.1, -0.05) is 32.0 Å². The molecule has 1 heterocycles. The second-order valence-corrected chi connectivity index (χ2v) is 5.85. The first-order valence-electron chi connectivity index (χ1n) is 7.21. The van der Waals surface area contributed by atoms with E-state index in [1.807, 2.05) is 13.8 Å². The van der Waals surface area contributed by atoms with E-state index in [9.17, 15) is 14.0 Å². The first kappa shape index (κ1) is 15.5. The highest BCUT2D eigenvalue weighted by molar-refractivity contribution is 5.97. The van der Waals surface area contributed by atoms with Crippen molar-refractivity contribution in [1.82, 2.24) is 10.2 Å². The number of nitrogens with one attached hydrogen (secondary N) is 1. The van der Waals surface area contributed by atoms with Crippen molar-refractivity contribution in [2.24, 2.45) is 5.92 Å². The third-order valence-corrected chi connectivity index (χ3v) is 4.05. The molecule has 0 radical (unpaired) electrons. The highest BCUT2D eigenvalue weighted by Crippen LogP contribution is 2.28. The van der Waals surface area contributed by atoms with Crippen LogP contribution in [-0.4, -0.2) is 28.8 Å². The normalized spacial score (nSPS) is 24.2. The van der Waals surface area contributed by atoms with Crippen LogP contribution in [0.3, 0.4) is 0 Å². The molecule has 3 atom stereocenters. The van der Waals surface area contributed by atoms with Crippen LogP contribution in [0, 0.1) is 11.7 Å². The fraction of sp³-hybridized carbons (Fsp3) is 0.500. The minimum Gasteiger partial charge on any atom is -0.342 e. The molecule has 3 unspecified atom stereocenters. The van der Waals surface area contributed by atoms with Crippen LogP contribution in [0.25, 0.3) is 0 Å². The lowest BCUT2D eigenvalue weighted by atomic mass is 9.95. The molecule has 1 fully saturated rings. The molecule has 2 amide bonds. The van der Waals surface area contributed by atoms with E-state index in [0.29, 0.717) is 5.56 Å². The molecule has 0 aliphatic carbocycles. The van der Waals surface area contributed by atoms with E-state index >= 15 is 0 Å². The van der Waals surface area contributed by atoms with Crippen LogP contribution in [0.1, 0.15) is 39.3 Å². The molecule has 1 aromatic carbocycles. The Morgan fingerprint density at radius 1 is 1.19 bits per heavy atom. The van der Waals surface area contributed by atoms with E-state index in [1.165, 1.54) is 11.0 Å². The van der Waals surface area contributed by atoms with Gasteiger partial charge in [-0.05, 0) is 25.8 Å². The molecule has 1 aliphatic heterocycles. The third-order valence-electron chi connectivity index (χ3n) is 4.05. The molecule has 4 nitrogen and oxygen atoms in total. The molecule has 0 aromatic heterocycles. The van der Waals surface area contributed by atoms with Gasteiger partial charge in [-0.25, -0.2) is 4.39 Å². The Hall–Kier alpha value is -1.91. The minimum atomic E-state index is -0.609. The number of hydrogen-bond donors (Lipinski definition) is 1. The summed E-state index contributed by atoms with van der Waals surface area (Å²) in [5.74, 6) is -0.731. The fourth-order valence-corrected chi connectivity index (χ4v) is 2.76. The van der Waals surface area contributed by atoms with Crippen molar-refractivity contribution >= 4 is 11.8 Å². The van der Waals surface area contributed by atoms with Crippen molar-refractivity contribution in [3.8, 4) is 0 Å². The summed E-state index contributed by atoms with van der Waals surface area (Å²) in [6.45, 7) is 7.18. The number of rotatable bonds is 3. The highest BCUT2D eigenvalue weighted by Gasteiger charge is 2.42. The van der Waals surface area contributed by atoms with Gasteiger partial charge in [-0.3, -0.25) is 9.59 Å². The largest absolute Gasteiger partial charge is 0.342 e. The van der Waals surface area contributed by atoms with Gasteiger partial charge in [-0.2, -0.15) is 0 Å². The summed E-state index contributed by atoms with van der Waals surface area (Å²) in [6.07, 6.45) is 0. The van der Waals surface area contributed by atoms with Crippen LogP contribution in [0.5, 0.6) is 0 Å².